The van der Waals surface area contributed by atoms with Crippen LogP contribution < -0.4 is 5.32 Å². The van der Waals surface area contributed by atoms with Gasteiger partial charge in [-0.05, 0) is 19.4 Å². The number of nitrogens with zero attached hydrogens (tertiary/aromatic N) is 1. The topological polar surface area (TPSA) is 49.4 Å². The average Bonchev–Trinajstić information content (AvgIpc) is 2.34. The molecule has 1 saturated heterocycles. The van der Waals surface area contributed by atoms with Crippen molar-refractivity contribution in [3.63, 3.8) is 0 Å². The van der Waals surface area contributed by atoms with Crippen molar-refractivity contribution in [1.82, 2.24) is 10.2 Å². The van der Waals surface area contributed by atoms with Gasteiger partial charge in [-0.1, -0.05) is 30.3 Å². The fourth-order valence-electron chi connectivity index (χ4n) is 2.07. The molecule has 1 fully saturated rings. The van der Waals surface area contributed by atoms with Crippen LogP contribution in [0.1, 0.15) is 25.5 Å². The largest absolute Gasteiger partial charge is 0.343 e. The molecule has 0 saturated carbocycles. The molecule has 0 aromatic heterocycles. The van der Waals surface area contributed by atoms with Crippen molar-refractivity contribution in [2.75, 3.05) is 6.54 Å². The van der Waals surface area contributed by atoms with Gasteiger partial charge in [-0.25, -0.2) is 0 Å². The van der Waals surface area contributed by atoms with Crippen LogP contribution in [0.15, 0.2) is 30.3 Å². The van der Waals surface area contributed by atoms with Crippen molar-refractivity contribution in [1.29, 1.82) is 0 Å². The zero-order valence-electron chi connectivity index (χ0n) is 10.0. The molecule has 1 aliphatic rings. The minimum atomic E-state index is -0.428. The van der Waals surface area contributed by atoms with Gasteiger partial charge in [0, 0.05) is 0 Å². The summed E-state index contributed by atoms with van der Waals surface area (Å²) in [5.74, 6) is -0.124. The quantitative estimate of drug-likeness (QED) is 0.830. The summed E-state index contributed by atoms with van der Waals surface area (Å²) >= 11 is 0. The zero-order chi connectivity index (χ0) is 12.4. The Morgan fingerprint density at radius 1 is 1.29 bits per heavy atom. The number of hydrogen-bond acceptors (Lipinski definition) is 2. The second kappa shape index (κ2) is 4.57. The third-order valence-electron chi connectivity index (χ3n) is 3.09. The van der Waals surface area contributed by atoms with E-state index in [0.29, 0.717) is 0 Å². The van der Waals surface area contributed by atoms with E-state index in [-0.39, 0.29) is 24.4 Å². The van der Waals surface area contributed by atoms with Crippen LogP contribution in [0.2, 0.25) is 0 Å². The van der Waals surface area contributed by atoms with Crippen LogP contribution in [0, 0.1) is 0 Å². The first kappa shape index (κ1) is 11.6. The first-order valence-corrected chi connectivity index (χ1v) is 5.74. The Hall–Kier alpha value is -1.84. The first-order chi connectivity index (χ1) is 8.09. The molecule has 1 aliphatic heterocycles. The summed E-state index contributed by atoms with van der Waals surface area (Å²) in [6.07, 6.45) is 0. The lowest BCUT2D eigenvalue weighted by Crippen LogP contribution is -2.57. The number of piperazine rings is 1. The minimum absolute atomic E-state index is 0.0269. The van der Waals surface area contributed by atoms with Crippen molar-refractivity contribution in [2.45, 2.75) is 25.9 Å². The van der Waals surface area contributed by atoms with Gasteiger partial charge in [0.05, 0.1) is 6.04 Å². The SMILES string of the molecule is C[C@@H]1NC(=O)CN([C@H](C)c2ccccc2)C1=O. The molecule has 0 bridgehead atoms. The highest BCUT2D eigenvalue weighted by Crippen LogP contribution is 2.21. The Bertz CT molecular complexity index is 430. The van der Waals surface area contributed by atoms with Crippen LogP contribution in [0.5, 0.6) is 0 Å². The molecule has 2 atom stereocenters. The lowest BCUT2D eigenvalue weighted by molar-refractivity contribution is -0.145. The van der Waals surface area contributed by atoms with Crippen molar-refractivity contribution >= 4 is 11.8 Å². The van der Waals surface area contributed by atoms with E-state index in [4.69, 9.17) is 0 Å². The van der Waals surface area contributed by atoms with Gasteiger partial charge in [-0.2, -0.15) is 0 Å². The summed E-state index contributed by atoms with van der Waals surface area (Å²) in [7, 11) is 0. The predicted octanol–water partition coefficient (Wildman–Crippen LogP) is 1.09. The maximum Gasteiger partial charge on any atom is 0.245 e. The summed E-state index contributed by atoms with van der Waals surface area (Å²) in [5, 5.41) is 2.64. The van der Waals surface area contributed by atoms with Gasteiger partial charge in [0.15, 0.2) is 0 Å². The van der Waals surface area contributed by atoms with E-state index in [9.17, 15) is 9.59 Å². The van der Waals surface area contributed by atoms with Crippen molar-refractivity contribution < 1.29 is 9.59 Å². The van der Waals surface area contributed by atoms with E-state index in [2.05, 4.69) is 5.32 Å². The Kier molecular flexibility index (Phi) is 3.13. The molecule has 2 amide bonds. The maximum atomic E-state index is 12.0. The van der Waals surface area contributed by atoms with Crippen molar-refractivity contribution in [2.24, 2.45) is 0 Å². The molecule has 0 spiro atoms. The molecule has 2 rings (SSSR count). The number of nitrogens with one attached hydrogen (secondary N) is 1. The fraction of sp³-hybridized carbons (Fsp3) is 0.385. The highest BCUT2D eigenvalue weighted by Gasteiger charge is 2.32. The molecule has 17 heavy (non-hydrogen) atoms. The summed E-state index contributed by atoms with van der Waals surface area (Å²) in [5.41, 5.74) is 1.04. The monoisotopic (exact) mass is 232 g/mol. The summed E-state index contributed by atoms with van der Waals surface area (Å²) in [6, 6.07) is 9.24. The van der Waals surface area contributed by atoms with E-state index >= 15 is 0 Å². The number of amides is 2. The molecule has 1 N–H and O–H groups in total. The fourth-order valence-corrected chi connectivity index (χ4v) is 2.07. The minimum Gasteiger partial charge on any atom is -0.343 e. The molecule has 4 nitrogen and oxygen atoms in total. The molecular weight excluding hydrogens is 216 g/mol. The highest BCUT2D eigenvalue weighted by atomic mass is 16.2. The summed E-state index contributed by atoms with van der Waals surface area (Å²) < 4.78 is 0. The first-order valence-electron chi connectivity index (χ1n) is 5.74. The highest BCUT2D eigenvalue weighted by molar-refractivity contribution is 5.94. The van der Waals surface area contributed by atoms with Crippen LogP contribution >= 0.6 is 0 Å². The van der Waals surface area contributed by atoms with Crippen LogP contribution in [-0.2, 0) is 9.59 Å². The number of carbonyl (C=O) groups is 2. The molecule has 4 heteroatoms. The summed E-state index contributed by atoms with van der Waals surface area (Å²) in [6.45, 7) is 3.79. The third-order valence-corrected chi connectivity index (χ3v) is 3.09. The Morgan fingerprint density at radius 3 is 2.59 bits per heavy atom. The van der Waals surface area contributed by atoms with Gasteiger partial charge in [0.25, 0.3) is 0 Å². The molecule has 0 aliphatic carbocycles. The van der Waals surface area contributed by atoms with Crippen LogP contribution in [0.4, 0.5) is 0 Å². The Morgan fingerprint density at radius 2 is 1.94 bits per heavy atom. The van der Waals surface area contributed by atoms with Gasteiger partial charge >= 0.3 is 0 Å². The van der Waals surface area contributed by atoms with Gasteiger partial charge in [0.1, 0.15) is 12.6 Å². The van der Waals surface area contributed by atoms with Crippen LogP contribution in [0.25, 0.3) is 0 Å². The molecule has 1 heterocycles. The van der Waals surface area contributed by atoms with Crippen molar-refractivity contribution in [3.05, 3.63) is 35.9 Å². The predicted molar refractivity (Wildman–Crippen MR) is 64.2 cm³/mol. The van der Waals surface area contributed by atoms with Crippen LogP contribution in [0.3, 0.4) is 0 Å². The molecule has 1 aromatic carbocycles. The van der Waals surface area contributed by atoms with E-state index in [1.165, 1.54) is 0 Å². The number of rotatable bonds is 2. The molecule has 0 radical (unpaired) electrons. The molecular formula is C13H16N2O2. The number of carbonyl (C=O) groups excluding carboxylic acids is 2. The number of benzene rings is 1. The maximum absolute atomic E-state index is 12.0. The Labute approximate surface area is 101 Å². The number of hydrogen-bond donors (Lipinski definition) is 1. The van der Waals surface area contributed by atoms with E-state index < -0.39 is 6.04 Å². The van der Waals surface area contributed by atoms with Gasteiger partial charge in [-0.3, -0.25) is 9.59 Å². The second-order valence-corrected chi connectivity index (χ2v) is 4.34. The van der Waals surface area contributed by atoms with Crippen LogP contribution in [-0.4, -0.2) is 29.3 Å². The second-order valence-electron chi connectivity index (χ2n) is 4.34. The van der Waals surface area contributed by atoms with Gasteiger partial charge in [0.2, 0.25) is 11.8 Å². The smallest absolute Gasteiger partial charge is 0.245 e. The standard InChI is InChI=1S/C13H16N2O2/c1-9-13(17)15(8-12(16)14-9)10(2)11-6-4-3-5-7-11/h3-7,9-10H,8H2,1-2H3,(H,14,16)/t9-,10+/m0/s1. The zero-order valence-corrected chi connectivity index (χ0v) is 10.0. The average molecular weight is 232 g/mol. The van der Waals surface area contributed by atoms with E-state index in [1.54, 1.807) is 11.8 Å². The molecule has 0 unspecified atom stereocenters. The summed E-state index contributed by atoms with van der Waals surface area (Å²) in [4.78, 5) is 25.1. The van der Waals surface area contributed by atoms with Gasteiger partial charge < -0.3 is 10.2 Å². The lowest BCUT2D eigenvalue weighted by atomic mass is 10.0. The molecule has 90 valence electrons. The lowest BCUT2D eigenvalue weighted by Gasteiger charge is -2.35. The van der Waals surface area contributed by atoms with E-state index in [1.807, 2.05) is 37.3 Å². The van der Waals surface area contributed by atoms with Gasteiger partial charge in [-0.15, -0.1) is 0 Å². The third kappa shape index (κ3) is 2.30. The normalized spacial score (nSPS) is 22.2. The Balaban J connectivity index is 2.21. The molecule has 1 aromatic rings. The van der Waals surface area contributed by atoms with E-state index in [0.717, 1.165) is 5.56 Å². The van der Waals surface area contributed by atoms with Crippen molar-refractivity contribution in [3.8, 4) is 0 Å².